The monoisotopic (exact) mass is 371 g/mol. The van der Waals surface area contributed by atoms with Crippen LogP contribution in [-0.2, 0) is 6.42 Å². The van der Waals surface area contributed by atoms with Crippen molar-refractivity contribution in [2.45, 2.75) is 32.2 Å². The van der Waals surface area contributed by atoms with Gasteiger partial charge in [0.05, 0.1) is 17.7 Å². The van der Waals surface area contributed by atoms with Crippen LogP contribution < -0.4 is 5.32 Å². The van der Waals surface area contributed by atoms with E-state index in [0.717, 1.165) is 28.9 Å². The topological polar surface area (TPSA) is 78.9 Å². The van der Waals surface area contributed by atoms with Gasteiger partial charge in [0.15, 0.2) is 5.69 Å². The first-order valence-corrected chi connectivity index (χ1v) is 9.49. The van der Waals surface area contributed by atoms with Gasteiger partial charge in [0.25, 0.3) is 5.91 Å². The van der Waals surface area contributed by atoms with Gasteiger partial charge in [-0.05, 0) is 54.5 Å². The largest absolute Gasteiger partial charge is 0.361 e. The number of carbonyl (C=O) groups excluding carboxylic acids is 1. The Kier molecular flexibility index (Phi) is 4.94. The number of aromatic nitrogens is 1. The average Bonchev–Trinajstić information content (AvgIpc) is 3.42. The number of hydrogen-bond acceptors (Lipinski definition) is 4. The van der Waals surface area contributed by atoms with E-state index in [1.807, 2.05) is 49.4 Å². The Bertz CT molecular complexity index is 1030. The van der Waals surface area contributed by atoms with Gasteiger partial charge >= 0.3 is 0 Å². The summed E-state index contributed by atoms with van der Waals surface area (Å²) in [6.07, 6.45) is 3.33. The van der Waals surface area contributed by atoms with Crippen LogP contribution in [0.1, 0.15) is 53.2 Å². The van der Waals surface area contributed by atoms with Crippen molar-refractivity contribution in [3.63, 3.8) is 0 Å². The minimum absolute atomic E-state index is 0.157. The Labute approximate surface area is 164 Å². The van der Waals surface area contributed by atoms with Crippen LogP contribution in [0, 0.1) is 17.2 Å². The number of rotatable bonds is 6. The number of nitrogens with one attached hydrogen (secondary N) is 1. The molecule has 140 valence electrons. The normalized spacial score (nSPS) is 14.3. The summed E-state index contributed by atoms with van der Waals surface area (Å²) < 4.78 is 5.27. The molecule has 0 saturated heterocycles. The van der Waals surface area contributed by atoms with E-state index in [1.165, 1.54) is 12.8 Å². The zero-order chi connectivity index (χ0) is 19.5. The van der Waals surface area contributed by atoms with Gasteiger partial charge in [-0.3, -0.25) is 4.79 Å². The standard InChI is InChI=1S/C23H21N3O2/c1-15(25-23(27)22-13-21(28-26-22)12-16-5-6-16)18-7-9-19(10-8-18)20-4-2-3-17(11-20)14-24/h2-4,7-11,13,15-16H,5-6,12H2,1H3,(H,25,27). The molecule has 5 nitrogen and oxygen atoms in total. The van der Waals surface area contributed by atoms with Crippen molar-refractivity contribution < 1.29 is 9.32 Å². The molecule has 1 amide bonds. The van der Waals surface area contributed by atoms with Crippen molar-refractivity contribution in [2.24, 2.45) is 5.92 Å². The molecule has 4 rings (SSSR count). The fourth-order valence-electron chi connectivity index (χ4n) is 3.21. The average molecular weight is 371 g/mol. The molecule has 0 bridgehead atoms. The third-order valence-corrected chi connectivity index (χ3v) is 5.06. The molecule has 1 heterocycles. The second-order valence-electron chi connectivity index (χ2n) is 7.34. The van der Waals surface area contributed by atoms with Gasteiger partial charge in [0.2, 0.25) is 0 Å². The molecule has 1 fully saturated rings. The van der Waals surface area contributed by atoms with Crippen molar-refractivity contribution >= 4 is 5.91 Å². The van der Waals surface area contributed by atoms with E-state index in [2.05, 4.69) is 16.5 Å². The Balaban J connectivity index is 1.41. The van der Waals surface area contributed by atoms with Crippen LogP contribution in [0.25, 0.3) is 11.1 Å². The maximum Gasteiger partial charge on any atom is 0.273 e. The predicted molar refractivity (Wildman–Crippen MR) is 105 cm³/mol. The van der Waals surface area contributed by atoms with E-state index >= 15 is 0 Å². The van der Waals surface area contributed by atoms with Crippen LogP contribution in [0.5, 0.6) is 0 Å². The molecule has 1 unspecified atom stereocenters. The molecular weight excluding hydrogens is 350 g/mol. The Morgan fingerprint density at radius 3 is 2.71 bits per heavy atom. The highest BCUT2D eigenvalue weighted by Crippen LogP contribution is 2.32. The zero-order valence-electron chi connectivity index (χ0n) is 15.7. The molecule has 2 aromatic carbocycles. The van der Waals surface area contributed by atoms with Gasteiger partial charge in [0, 0.05) is 12.5 Å². The van der Waals surface area contributed by atoms with Crippen LogP contribution in [0.4, 0.5) is 0 Å². The molecule has 0 aliphatic heterocycles. The van der Waals surface area contributed by atoms with Crippen LogP contribution in [0.15, 0.2) is 59.1 Å². The first-order chi connectivity index (χ1) is 13.6. The highest BCUT2D eigenvalue weighted by molar-refractivity contribution is 5.92. The third-order valence-electron chi connectivity index (χ3n) is 5.06. The van der Waals surface area contributed by atoms with E-state index in [4.69, 9.17) is 9.78 Å². The first-order valence-electron chi connectivity index (χ1n) is 9.49. The molecule has 1 N–H and O–H groups in total. The maximum absolute atomic E-state index is 12.4. The molecule has 5 heteroatoms. The summed E-state index contributed by atoms with van der Waals surface area (Å²) in [6, 6.07) is 19.2. The highest BCUT2D eigenvalue weighted by Gasteiger charge is 2.24. The lowest BCUT2D eigenvalue weighted by Crippen LogP contribution is -2.26. The fourth-order valence-corrected chi connectivity index (χ4v) is 3.21. The van der Waals surface area contributed by atoms with Gasteiger partial charge in [-0.1, -0.05) is 41.6 Å². The summed E-state index contributed by atoms with van der Waals surface area (Å²) in [5, 5.41) is 15.9. The first kappa shape index (κ1) is 18.0. The van der Waals surface area contributed by atoms with E-state index in [9.17, 15) is 4.79 Å². The van der Waals surface area contributed by atoms with Crippen molar-refractivity contribution in [1.82, 2.24) is 10.5 Å². The lowest BCUT2D eigenvalue weighted by Gasteiger charge is -2.14. The number of benzene rings is 2. The summed E-state index contributed by atoms with van der Waals surface area (Å²) in [7, 11) is 0. The Morgan fingerprint density at radius 1 is 1.21 bits per heavy atom. The minimum Gasteiger partial charge on any atom is -0.361 e. The van der Waals surface area contributed by atoms with Gasteiger partial charge in [-0.2, -0.15) is 5.26 Å². The maximum atomic E-state index is 12.4. The van der Waals surface area contributed by atoms with Gasteiger partial charge in [-0.15, -0.1) is 0 Å². The molecule has 28 heavy (non-hydrogen) atoms. The minimum atomic E-state index is -0.232. The Morgan fingerprint density at radius 2 is 2.00 bits per heavy atom. The van der Waals surface area contributed by atoms with Crippen molar-refractivity contribution in [1.29, 1.82) is 5.26 Å². The van der Waals surface area contributed by atoms with Crippen molar-refractivity contribution in [3.8, 4) is 17.2 Å². The number of carbonyl (C=O) groups is 1. The zero-order valence-corrected chi connectivity index (χ0v) is 15.7. The molecule has 0 spiro atoms. The van der Waals surface area contributed by atoms with Crippen molar-refractivity contribution in [2.75, 3.05) is 0 Å². The molecule has 1 aromatic heterocycles. The van der Waals surface area contributed by atoms with Crippen LogP contribution in [0.3, 0.4) is 0 Å². The lowest BCUT2D eigenvalue weighted by molar-refractivity contribution is 0.0930. The van der Waals surface area contributed by atoms with Crippen LogP contribution >= 0.6 is 0 Å². The second-order valence-corrected chi connectivity index (χ2v) is 7.34. The quantitative estimate of drug-likeness (QED) is 0.684. The molecule has 0 radical (unpaired) electrons. The summed E-state index contributed by atoms with van der Waals surface area (Å²) >= 11 is 0. The van der Waals surface area contributed by atoms with E-state index < -0.39 is 0 Å². The summed E-state index contributed by atoms with van der Waals surface area (Å²) in [5.74, 6) is 1.24. The number of hydrogen-bond donors (Lipinski definition) is 1. The number of nitriles is 1. The second kappa shape index (κ2) is 7.69. The van der Waals surface area contributed by atoms with E-state index in [0.29, 0.717) is 17.2 Å². The Hall–Kier alpha value is -3.39. The number of nitrogens with zero attached hydrogens (tertiary/aromatic N) is 2. The predicted octanol–water partition coefficient (Wildman–Crippen LogP) is 4.66. The molecule has 1 saturated carbocycles. The highest BCUT2D eigenvalue weighted by atomic mass is 16.5. The summed E-state index contributed by atoms with van der Waals surface area (Å²) in [6.45, 7) is 1.94. The van der Waals surface area contributed by atoms with E-state index in [-0.39, 0.29) is 11.9 Å². The van der Waals surface area contributed by atoms with Gasteiger partial charge < -0.3 is 9.84 Å². The van der Waals surface area contributed by atoms with Crippen molar-refractivity contribution in [3.05, 3.63) is 77.2 Å². The third kappa shape index (κ3) is 4.12. The molecule has 1 atom stereocenters. The van der Waals surface area contributed by atoms with Crippen LogP contribution in [0.2, 0.25) is 0 Å². The molecule has 1 aliphatic carbocycles. The molecular formula is C23H21N3O2. The smallest absolute Gasteiger partial charge is 0.273 e. The SMILES string of the molecule is CC(NC(=O)c1cc(CC2CC2)on1)c1ccc(-c2cccc(C#N)c2)cc1. The molecule has 3 aromatic rings. The van der Waals surface area contributed by atoms with Gasteiger partial charge in [-0.25, -0.2) is 0 Å². The number of amides is 1. The fraction of sp³-hybridized carbons (Fsp3) is 0.261. The summed E-state index contributed by atoms with van der Waals surface area (Å²) in [5.41, 5.74) is 3.98. The lowest BCUT2D eigenvalue weighted by atomic mass is 10.00. The summed E-state index contributed by atoms with van der Waals surface area (Å²) in [4.78, 5) is 12.4. The van der Waals surface area contributed by atoms with E-state index in [1.54, 1.807) is 12.1 Å². The molecule has 1 aliphatic rings. The van der Waals surface area contributed by atoms with Crippen LogP contribution in [-0.4, -0.2) is 11.1 Å². The van der Waals surface area contributed by atoms with Gasteiger partial charge in [0.1, 0.15) is 5.76 Å².